The van der Waals surface area contributed by atoms with Gasteiger partial charge < -0.3 is 5.73 Å². The first-order valence-electron chi connectivity index (χ1n) is 6.03. The lowest BCUT2D eigenvalue weighted by Gasteiger charge is -2.25. The van der Waals surface area contributed by atoms with Crippen molar-refractivity contribution in [2.75, 3.05) is 0 Å². The van der Waals surface area contributed by atoms with E-state index in [0.29, 0.717) is 12.0 Å². The molecule has 1 heterocycles. The second kappa shape index (κ2) is 5.39. The number of nitrogens with two attached hydrogens (primary N) is 1. The van der Waals surface area contributed by atoms with E-state index in [4.69, 9.17) is 5.73 Å². The quantitative estimate of drug-likeness (QED) is 0.935. The molecule has 2 nitrogen and oxygen atoms in total. The van der Waals surface area contributed by atoms with Gasteiger partial charge in [-0.1, -0.05) is 12.1 Å². The molecule has 0 spiro atoms. The highest BCUT2D eigenvalue weighted by Gasteiger charge is 2.22. The molecule has 0 amide bonds. The van der Waals surface area contributed by atoms with E-state index in [1.807, 2.05) is 19.1 Å². The molecule has 4 heteroatoms. The molecule has 0 radical (unpaired) electrons. The Balaban J connectivity index is 2.29. The van der Waals surface area contributed by atoms with Crippen LogP contribution in [0.25, 0.3) is 0 Å². The predicted octanol–water partition coefficient (Wildman–Crippen LogP) is 3.71. The molecule has 1 aromatic heterocycles. The summed E-state index contributed by atoms with van der Waals surface area (Å²) in [5, 5.41) is 0. The average molecular weight is 323 g/mol. The zero-order valence-electron chi connectivity index (χ0n) is 11.0. The van der Waals surface area contributed by atoms with Gasteiger partial charge in [0.15, 0.2) is 0 Å². The molecular formula is C15H16BrFN2. The first-order chi connectivity index (χ1) is 8.88. The summed E-state index contributed by atoms with van der Waals surface area (Å²) in [6.07, 6.45) is 4.10. The summed E-state index contributed by atoms with van der Waals surface area (Å²) in [5.74, 6) is -0.221. The van der Waals surface area contributed by atoms with E-state index in [1.165, 1.54) is 6.07 Å². The smallest absolute Gasteiger partial charge is 0.126 e. The molecule has 0 bridgehead atoms. The van der Waals surface area contributed by atoms with Crippen molar-refractivity contribution in [3.05, 3.63) is 63.6 Å². The summed E-state index contributed by atoms with van der Waals surface area (Å²) >= 11 is 3.38. The van der Waals surface area contributed by atoms with Crippen molar-refractivity contribution in [2.45, 2.75) is 25.8 Å². The molecule has 100 valence electrons. The summed E-state index contributed by atoms with van der Waals surface area (Å²) in [7, 11) is 0. The molecule has 1 unspecified atom stereocenters. The van der Waals surface area contributed by atoms with Gasteiger partial charge in [-0.3, -0.25) is 4.98 Å². The molecule has 0 aliphatic carbocycles. The second-order valence-electron chi connectivity index (χ2n) is 5.07. The van der Waals surface area contributed by atoms with Crippen LogP contribution in [0.15, 0.2) is 41.1 Å². The Morgan fingerprint density at radius 2 is 2.05 bits per heavy atom. The Morgan fingerprint density at radius 1 is 1.32 bits per heavy atom. The van der Waals surface area contributed by atoms with Gasteiger partial charge >= 0.3 is 0 Å². The zero-order chi connectivity index (χ0) is 14.0. The lowest BCUT2D eigenvalue weighted by atomic mass is 9.86. The number of nitrogens with zero attached hydrogens (tertiary/aromatic N) is 1. The molecule has 2 rings (SSSR count). The Labute approximate surface area is 121 Å². The number of aryl methyl sites for hydroxylation is 1. The number of pyridine rings is 1. The van der Waals surface area contributed by atoms with E-state index in [-0.39, 0.29) is 5.82 Å². The Kier molecular flexibility index (Phi) is 4.02. The maximum atomic E-state index is 13.6. The van der Waals surface area contributed by atoms with Gasteiger partial charge in [-0.2, -0.15) is 0 Å². The largest absolute Gasteiger partial charge is 0.321 e. The molecular weight excluding hydrogens is 307 g/mol. The van der Waals surface area contributed by atoms with Crippen LogP contribution in [0.5, 0.6) is 0 Å². The number of rotatable bonds is 3. The molecule has 0 saturated carbocycles. The summed E-state index contributed by atoms with van der Waals surface area (Å²) in [6.45, 7) is 3.64. The number of halogens is 2. The van der Waals surface area contributed by atoms with Crippen LogP contribution in [0, 0.1) is 12.7 Å². The minimum Gasteiger partial charge on any atom is -0.321 e. The Hall–Kier alpha value is -1.26. The van der Waals surface area contributed by atoms with Crippen LogP contribution in [0.3, 0.4) is 0 Å². The molecule has 2 N–H and O–H groups in total. The minimum absolute atomic E-state index is 0.221. The van der Waals surface area contributed by atoms with E-state index >= 15 is 0 Å². The van der Waals surface area contributed by atoms with Crippen molar-refractivity contribution in [3.63, 3.8) is 0 Å². The molecule has 0 aliphatic rings. The Bertz CT molecular complexity index is 596. The zero-order valence-corrected chi connectivity index (χ0v) is 12.5. The monoisotopic (exact) mass is 322 g/mol. The average Bonchev–Trinajstić information content (AvgIpc) is 2.32. The van der Waals surface area contributed by atoms with Gasteiger partial charge in [0.2, 0.25) is 0 Å². The lowest BCUT2D eigenvalue weighted by Crippen LogP contribution is -2.35. The summed E-state index contributed by atoms with van der Waals surface area (Å²) in [6, 6.07) is 7.13. The fourth-order valence-corrected chi connectivity index (χ4v) is 2.44. The van der Waals surface area contributed by atoms with Crippen LogP contribution in [-0.4, -0.2) is 4.98 Å². The summed E-state index contributed by atoms with van der Waals surface area (Å²) in [5.41, 5.74) is 8.13. The number of benzene rings is 1. The van der Waals surface area contributed by atoms with E-state index in [9.17, 15) is 4.39 Å². The van der Waals surface area contributed by atoms with Crippen molar-refractivity contribution < 1.29 is 4.39 Å². The highest BCUT2D eigenvalue weighted by molar-refractivity contribution is 9.10. The van der Waals surface area contributed by atoms with E-state index in [1.54, 1.807) is 25.4 Å². The lowest BCUT2D eigenvalue weighted by molar-refractivity contribution is 0.485. The maximum Gasteiger partial charge on any atom is 0.126 e. The third-order valence-corrected chi connectivity index (χ3v) is 3.60. The van der Waals surface area contributed by atoms with Gasteiger partial charge in [-0.15, -0.1) is 0 Å². The molecule has 0 aliphatic heterocycles. The molecule has 2 aromatic rings. The van der Waals surface area contributed by atoms with Crippen LogP contribution >= 0.6 is 15.9 Å². The predicted molar refractivity (Wildman–Crippen MR) is 78.3 cm³/mol. The number of hydrogen-bond donors (Lipinski definition) is 1. The van der Waals surface area contributed by atoms with Crippen LogP contribution in [0.4, 0.5) is 4.39 Å². The molecule has 0 fully saturated rings. The number of aromatic nitrogens is 1. The Morgan fingerprint density at radius 3 is 2.68 bits per heavy atom. The third kappa shape index (κ3) is 3.39. The van der Waals surface area contributed by atoms with Gasteiger partial charge in [0, 0.05) is 22.4 Å². The van der Waals surface area contributed by atoms with Gasteiger partial charge in [0.1, 0.15) is 5.82 Å². The normalized spacial score (nSPS) is 14.2. The molecule has 0 saturated heterocycles. The fraction of sp³-hybridized carbons (Fsp3) is 0.267. The number of hydrogen-bond acceptors (Lipinski definition) is 2. The molecule has 1 atom stereocenters. The van der Waals surface area contributed by atoms with Crippen LogP contribution in [0.1, 0.15) is 23.6 Å². The van der Waals surface area contributed by atoms with Gasteiger partial charge in [-0.05, 0) is 65.0 Å². The maximum absolute atomic E-state index is 13.6. The van der Waals surface area contributed by atoms with Crippen LogP contribution in [0.2, 0.25) is 0 Å². The standard InChI is InChI=1S/C15H16BrFN2/c1-10-3-4-12(6-14(10)17)15(2,18)7-11-5-13(16)9-19-8-11/h3-6,8-9H,7,18H2,1-2H3. The van der Waals surface area contributed by atoms with Crippen molar-refractivity contribution in [3.8, 4) is 0 Å². The van der Waals surface area contributed by atoms with Gasteiger partial charge in [0.05, 0.1) is 0 Å². The summed E-state index contributed by atoms with van der Waals surface area (Å²) in [4.78, 5) is 4.12. The van der Waals surface area contributed by atoms with Gasteiger partial charge in [-0.25, -0.2) is 4.39 Å². The molecule has 1 aromatic carbocycles. The van der Waals surface area contributed by atoms with Crippen molar-refractivity contribution in [1.82, 2.24) is 4.98 Å². The highest BCUT2D eigenvalue weighted by atomic mass is 79.9. The first-order valence-corrected chi connectivity index (χ1v) is 6.83. The second-order valence-corrected chi connectivity index (χ2v) is 5.99. The first kappa shape index (κ1) is 14.2. The third-order valence-electron chi connectivity index (χ3n) is 3.16. The van der Waals surface area contributed by atoms with Gasteiger partial charge in [0.25, 0.3) is 0 Å². The van der Waals surface area contributed by atoms with Crippen LogP contribution < -0.4 is 5.73 Å². The highest BCUT2D eigenvalue weighted by Crippen LogP contribution is 2.25. The fourth-order valence-electron chi connectivity index (χ4n) is 2.03. The topological polar surface area (TPSA) is 38.9 Å². The van der Waals surface area contributed by atoms with E-state index in [2.05, 4.69) is 20.9 Å². The van der Waals surface area contributed by atoms with Crippen molar-refractivity contribution in [2.24, 2.45) is 5.73 Å². The van der Waals surface area contributed by atoms with E-state index in [0.717, 1.165) is 15.6 Å². The molecule has 19 heavy (non-hydrogen) atoms. The van der Waals surface area contributed by atoms with E-state index < -0.39 is 5.54 Å². The SMILES string of the molecule is Cc1ccc(C(C)(N)Cc2cncc(Br)c2)cc1F. The van der Waals surface area contributed by atoms with Crippen LogP contribution in [-0.2, 0) is 12.0 Å². The van der Waals surface area contributed by atoms with Crippen molar-refractivity contribution in [1.29, 1.82) is 0 Å². The minimum atomic E-state index is -0.628. The van der Waals surface area contributed by atoms with Crippen molar-refractivity contribution >= 4 is 15.9 Å². The summed E-state index contributed by atoms with van der Waals surface area (Å²) < 4.78 is 14.5.